The van der Waals surface area contributed by atoms with Crippen LogP contribution in [0.25, 0.3) is 0 Å². The summed E-state index contributed by atoms with van der Waals surface area (Å²) in [6, 6.07) is 22.0. The number of sulfonamides is 1. The van der Waals surface area contributed by atoms with Crippen molar-refractivity contribution in [1.82, 2.24) is 20.9 Å². The molecule has 0 saturated heterocycles. The van der Waals surface area contributed by atoms with E-state index >= 15 is 0 Å². The quantitative estimate of drug-likeness (QED) is 0.157. The number of aromatic nitrogens is 1. The van der Waals surface area contributed by atoms with Crippen LogP contribution in [0.15, 0.2) is 84.2 Å². The van der Waals surface area contributed by atoms with Crippen LogP contribution in [0.3, 0.4) is 0 Å². The molecule has 1 heterocycles. The zero-order valence-corrected chi connectivity index (χ0v) is 28.2. The fourth-order valence-corrected chi connectivity index (χ4v) is 6.17. The molecule has 1 aromatic heterocycles. The lowest BCUT2D eigenvalue weighted by molar-refractivity contribution is 0.0825. The molecule has 3 aromatic carbocycles. The van der Waals surface area contributed by atoms with Gasteiger partial charge >= 0.3 is 0 Å². The van der Waals surface area contributed by atoms with Gasteiger partial charge in [-0.3, -0.25) is 13.9 Å². The summed E-state index contributed by atoms with van der Waals surface area (Å²) < 4.78 is 25.9. The van der Waals surface area contributed by atoms with Gasteiger partial charge in [-0.05, 0) is 56.5 Å². The first-order valence-electron chi connectivity index (χ1n) is 14.9. The molecule has 0 aliphatic rings. The van der Waals surface area contributed by atoms with E-state index in [0.29, 0.717) is 6.42 Å². The first-order chi connectivity index (χ1) is 21.8. The van der Waals surface area contributed by atoms with Crippen molar-refractivity contribution in [1.29, 1.82) is 0 Å². The van der Waals surface area contributed by atoms with Crippen LogP contribution < -0.4 is 20.3 Å². The summed E-state index contributed by atoms with van der Waals surface area (Å²) in [5, 5.41) is 23.4. The van der Waals surface area contributed by atoms with Gasteiger partial charge in [-0.15, -0.1) is 11.3 Å². The maximum atomic E-state index is 13.8. The molecule has 4 atom stereocenters. The minimum atomic E-state index is -3.70. The maximum Gasteiger partial charge on any atom is 0.251 e. The van der Waals surface area contributed by atoms with Crippen molar-refractivity contribution < 1.29 is 23.1 Å². The third-order valence-corrected chi connectivity index (χ3v) is 10.0. The molecule has 4 rings (SSSR count). The number of carbonyl (C=O) groups excluding carboxylic acids is 2. The molecule has 0 aliphatic carbocycles. The molecule has 0 fully saturated rings. The van der Waals surface area contributed by atoms with E-state index in [9.17, 15) is 23.1 Å². The third kappa shape index (κ3) is 9.46. The molecular formula is C34H41N5O5S2. The van der Waals surface area contributed by atoms with E-state index in [1.54, 1.807) is 0 Å². The van der Waals surface area contributed by atoms with Crippen molar-refractivity contribution in [3.8, 4) is 0 Å². The van der Waals surface area contributed by atoms with Gasteiger partial charge in [-0.1, -0.05) is 60.7 Å². The standard InChI is InChI=1S/C34H41N5O5S2/c1-22-21-45-34(36-22)24(3)35-20-31(40)30(16-25-12-8-6-9-13-25)38-33(42)28-17-27(18-29(19-28)39(4)46(5,43)44)32(41)37-23(2)26-14-10-7-11-15-26/h6-15,17-19,21,23-24,30-31,35,40H,16,20H2,1-5H3,(H,37,41)(H,38,42). The van der Waals surface area contributed by atoms with Crippen LogP contribution in [0.4, 0.5) is 5.69 Å². The van der Waals surface area contributed by atoms with Crippen LogP contribution in [-0.2, 0) is 16.4 Å². The number of nitrogens with zero attached hydrogens (tertiary/aromatic N) is 2. The van der Waals surface area contributed by atoms with Crippen molar-refractivity contribution >= 4 is 38.9 Å². The zero-order chi connectivity index (χ0) is 33.4. The predicted octanol–water partition coefficient (Wildman–Crippen LogP) is 4.39. The normalized spacial score (nSPS) is 14.1. The number of amides is 2. The molecule has 4 N–H and O–H groups in total. The highest BCUT2D eigenvalue weighted by Crippen LogP contribution is 2.23. The van der Waals surface area contributed by atoms with E-state index < -0.39 is 34.0 Å². The first-order valence-corrected chi connectivity index (χ1v) is 17.7. The minimum Gasteiger partial charge on any atom is -0.390 e. The molecule has 0 radical (unpaired) electrons. The first kappa shape index (κ1) is 34.8. The number of thiazole rings is 1. The lowest BCUT2D eigenvalue weighted by Gasteiger charge is -2.26. The Balaban J connectivity index is 1.60. The van der Waals surface area contributed by atoms with Crippen molar-refractivity contribution in [3.05, 3.63) is 117 Å². The number of aryl methyl sites for hydroxylation is 1. The third-order valence-electron chi connectivity index (χ3n) is 7.67. The van der Waals surface area contributed by atoms with E-state index in [2.05, 4.69) is 20.9 Å². The highest BCUT2D eigenvalue weighted by atomic mass is 32.2. The van der Waals surface area contributed by atoms with Crippen LogP contribution in [-0.4, -0.2) is 62.3 Å². The van der Waals surface area contributed by atoms with Crippen molar-refractivity contribution in [2.75, 3.05) is 24.2 Å². The summed E-state index contributed by atoms with van der Waals surface area (Å²) in [6.07, 6.45) is 0.402. The van der Waals surface area contributed by atoms with E-state index in [-0.39, 0.29) is 35.4 Å². The highest BCUT2D eigenvalue weighted by Gasteiger charge is 2.26. The van der Waals surface area contributed by atoms with Crippen LogP contribution in [0.1, 0.15) is 68.5 Å². The van der Waals surface area contributed by atoms with Crippen molar-refractivity contribution in [2.45, 2.75) is 51.4 Å². The Morgan fingerprint density at radius 2 is 1.50 bits per heavy atom. The molecule has 0 aliphatic heterocycles. The lowest BCUT2D eigenvalue weighted by atomic mass is 9.99. The molecule has 46 heavy (non-hydrogen) atoms. The van der Waals surface area contributed by atoms with E-state index in [1.807, 2.05) is 86.8 Å². The average Bonchev–Trinajstić information content (AvgIpc) is 3.49. The van der Waals surface area contributed by atoms with Crippen LogP contribution in [0.5, 0.6) is 0 Å². The fourth-order valence-electron chi connectivity index (χ4n) is 4.85. The average molecular weight is 664 g/mol. The van der Waals surface area contributed by atoms with Crippen LogP contribution >= 0.6 is 11.3 Å². The Morgan fingerprint density at radius 1 is 0.913 bits per heavy atom. The number of carbonyl (C=O) groups is 2. The molecule has 244 valence electrons. The number of hydrogen-bond acceptors (Lipinski definition) is 8. The SMILES string of the molecule is Cc1csc(C(C)NCC(O)C(Cc2ccccc2)NC(=O)c2cc(C(=O)NC(C)c3ccccc3)cc(N(C)S(C)(=O)=O)c2)n1. The lowest BCUT2D eigenvalue weighted by Crippen LogP contribution is -2.49. The smallest absolute Gasteiger partial charge is 0.251 e. The molecule has 4 unspecified atom stereocenters. The summed E-state index contributed by atoms with van der Waals surface area (Å²) in [7, 11) is -2.34. The second-order valence-corrected chi connectivity index (χ2v) is 14.3. The summed E-state index contributed by atoms with van der Waals surface area (Å²) in [4.78, 5) is 31.7. The number of nitrogens with one attached hydrogen (secondary N) is 3. The molecule has 10 nitrogen and oxygen atoms in total. The largest absolute Gasteiger partial charge is 0.390 e. The predicted molar refractivity (Wildman–Crippen MR) is 183 cm³/mol. The number of aliphatic hydroxyl groups is 1. The Bertz CT molecular complexity index is 1730. The molecule has 12 heteroatoms. The Kier molecular flexibility index (Phi) is 11.7. The van der Waals surface area contributed by atoms with Gasteiger partial charge < -0.3 is 21.1 Å². The summed E-state index contributed by atoms with van der Waals surface area (Å²) in [6.45, 7) is 5.91. The number of aliphatic hydroxyl groups excluding tert-OH is 1. The molecule has 2 amide bonds. The van der Waals surface area contributed by atoms with Gasteiger partial charge in [0, 0.05) is 35.8 Å². The second-order valence-electron chi connectivity index (χ2n) is 11.4. The number of benzene rings is 3. The minimum absolute atomic E-state index is 0.0790. The molecule has 0 bridgehead atoms. The molecular weight excluding hydrogens is 623 g/mol. The van der Waals surface area contributed by atoms with E-state index in [0.717, 1.165) is 32.4 Å². The van der Waals surface area contributed by atoms with Crippen LogP contribution in [0, 0.1) is 6.92 Å². The highest BCUT2D eigenvalue weighted by molar-refractivity contribution is 7.92. The van der Waals surface area contributed by atoms with E-state index in [4.69, 9.17) is 0 Å². The molecule has 0 saturated carbocycles. The fraction of sp³-hybridized carbons (Fsp3) is 0.324. The summed E-state index contributed by atoms with van der Waals surface area (Å²) in [5.74, 6) is -1.02. The van der Waals surface area contributed by atoms with Gasteiger partial charge in [-0.25, -0.2) is 13.4 Å². The summed E-state index contributed by atoms with van der Waals surface area (Å²) >= 11 is 1.53. The Labute approximate surface area is 274 Å². The topological polar surface area (TPSA) is 141 Å². The van der Waals surface area contributed by atoms with Gasteiger partial charge in [0.1, 0.15) is 5.01 Å². The summed E-state index contributed by atoms with van der Waals surface area (Å²) in [5.41, 5.74) is 3.09. The van der Waals surface area contributed by atoms with Gasteiger partial charge in [0.05, 0.1) is 36.2 Å². The van der Waals surface area contributed by atoms with Gasteiger partial charge in [-0.2, -0.15) is 0 Å². The maximum absolute atomic E-state index is 13.8. The molecule has 0 spiro atoms. The second kappa shape index (κ2) is 15.5. The van der Waals surface area contributed by atoms with Gasteiger partial charge in [0.2, 0.25) is 10.0 Å². The van der Waals surface area contributed by atoms with Gasteiger partial charge in [0.25, 0.3) is 11.8 Å². The number of anilines is 1. The van der Waals surface area contributed by atoms with Crippen molar-refractivity contribution in [3.63, 3.8) is 0 Å². The molecule has 4 aromatic rings. The van der Waals surface area contributed by atoms with Crippen LogP contribution in [0.2, 0.25) is 0 Å². The zero-order valence-electron chi connectivity index (χ0n) is 26.6. The van der Waals surface area contributed by atoms with Gasteiger partial charge in [0.15, 0.2) is 0 Å². The monoisotopic (exact) mass is 663 g/mol. The van der Waals surface area contributed by atoms with Crippen molar-refractivity contribution in [2.24, 2.45) is 0 Å². The van der Waals surface area contributed by atoms with E-state index in [1.165, 1.54) is 36.6 Å². The Hall–Kier alpha value is -4.10. The Morgan fingerprint density at radius 3 is 2.07 bits per heavy atom. The number of hydrogen-bond donors (Lipinski definition) is 4. The number of rotatable bonds is 14.